The van der Waals surface area contributed by atoms with E-state index < -0.39 is 5.97 Å². The fourth-order valence-electron chi connectivity index (χ4n) is 2.62. The SMILES string of the molecule is O=C(O)c1ccc2nc(-c3cnn(Cc4ccccc4)c3)[nH]c2c1. The molecule has 2 N–H and O–H groups in total. The quantitative estimate of drug-likeness (QED) is 0.605. The van der Waals surface area contributed by atoms with E-state index in [0.717, 1.165) is 11.1 Å². The van der Waals surface area contributed by atoms with Crippen molar-refractivity contribution in [2.45, 2.75) is 6.54 Å². The number of aromatic amines is 1. The van der Waals surface area contributed by atoms with Gasteiger partial charge in [-0.3, -0.25) is 4.68 Å². The van der Waals surface area contributed by atoms with Gasteiger partial charge in [0, 0.05) is 6.20 Å². The number of fused-ring (bicyclic) bond motifs is 1. The molecule has 0 atom stereocenters. The van der Waals surface area contributed by atoms with Gasteiger partial charge < -0.3 is 10.1 Å². The maximum Gasteiger partial charge on any atom is 0.335 e. The summed E-state index contributed by atoms with van der Waals surface area (Å²) in [6, 6.07) is 14.9. The molecule has 118 valence electrons. The summed E-state index contributed by atoms with van der Waals surface area (Å²) < 4.78 is 1.85. The van der Waals surface area contributed by atoms with Crippen molar-refractivity contribution in [2.75, 3.05) is 0 Å². The lowest BCUT2D eigenvalue weighted by Crippen LogP contribution is -1.99. The molecule has 2 aromatic heterocycles. The molecule has 4 aromatic rings. The number of carboxylic acids is 1. The second kappa shape index (κ2) is 5.66. The average molecular weight is 318 g/mol. The topological polar surface area (TPSA) is 83.8 Å². The predicted octanol–water partition coefficient (Wildman–Crippen LogP) is 3.17. The van der Waals surface area contributed by atoms with Crippen molar-refractivity contribution in [2.24, 2.45) is 0 Å². The van der Waals surface area contributed by atoms with E-state index in [9.17, 15) is 4.79 Å². The number of carbonyl (C=O) groups is 1. The number of imidazole rings is 1. The minimum Gasteiger partial charge on any atom is -0.478 e. The third-order valence-electron chi connectivity index (χ3n) is 3.82. The molecule has 0 radical (unpaired) electrons. The van der Waals surface area contributed by atoms with Crippen molar-refractivity contribution >= 4 is 17.0 Å². The summed E-state index contributed by atoms with van der Waals surface area (Å²) in [6.45, 7) is 0.685. The normalized spacial score (nSPS) is 11.0. The molecule has 24 heavy (non-hydrogen) atoms. The summed E-state index contributed by atoms with van der Waals surface area (Å²) >= 11 is 0. The number of nitrogens with one attached hydrogen (secondary N) is 1. The highest BCUT2D eigenvalue weighted by Crippen LogP contribution is 2.21. The van der Waals surface area contributed by atoms with Crippen LogP contribution in [-0.4, -0.2) is 30.8 Å². The van der Waals surface area contributed by atoms with Crippen molar-refractivity contribution in [3.05, 3.63) is 72.1 Å². The van der Waals surface area contributed by atoms with Gasteiger partial charge in [0.1, 0.15) is 5.82 Å². The lowest BCUT2D eigenvalue weighted by atomic mass is 10.2. The van der Waals surface area contributed by atoms with E-state index in [1.807, 2.05) is 29.1 Å². The molecule has 0 aliphatic carbocycles. The number of carboxylic acid groups (broad SMARTS) is 1. The number of benzene rings is 2. The van der Waals surface area contributed by atoms with Gasteiger partial charge in [-0.2, -0.15) is 5.10 Å². The zero-order valence-corrected chi connectivity index (χ0v) is 12.7. The van der Waals surface area contributed by atoms with Crippen LogP contribution < -0.4 is 0 Å². The summed E-state index contributed by atoms with van der Waals surface area (Å²) in [5, 5.41) is 13.4. The Balaban J connectivity index is 1.64. The van der Waals surface area contributed by atoms with Gasteiger partial charge in [-0.05, 0) is 23.8 Å². The minimum absolute atomic E-state index is 0.234. The molecule has 0 aliphatic rings. The zero-order chi connectivity index (χ0) is 16.5. The van der Waals surface area contributed by atoms with Crippen molar-refractivity contribution < 1.29 is 9.90 Å². The van der Waals surface area contributed by atoms with Crippen LogP contribution in [0.3, 0.4) is 0 Å². The number of aromatic nitrogens is 4. The van der Waals surface area contributed by atoms with Crippen molar-refractivity contribution in [3.8, 4) is 11.4 Å². The number of hydrogen-bond acceptors (Lipinski definition) is 3. The third-order valence-corrected chi connectivity index (χ3v) is 3.82. The van der Waals surface area contributed by atoms with E-state index >= 15 is 0 Å². The monoisotopic (exact) mass is 318 g/mol. The van der Waals surface area contributed by atoms with Crippen LogP contribution in [0, 0.1) is 0 Å². The van der Waals surface area contributed by atoms with Crippen molar-refractivity contribution in [3.63, 3.8) is 0 Å². The fourth-order valence-corrected chi connectivity index (χ4v) is 2.62. The van der Waals surface area contributed by atoms with Crippen LogP contribution in [0.2, 0.25) is 0 Å². The van der Waals surface area contributed by atoms with E-state index in [-0.39, 0.29) is 5.56 Å². The van der Waals surface area contributed by atoms with E-state index in [1.165, 1.54) is 5.56 Å². The number of H-pyrrole nitrogens is 1. The third kappa shape index (κ3) is 2.65. The first-order valence-corrected chi connectivity index (χ1v) is 7.49. The highest BCUT2D eigenvalue weighted by Gasteiger charge is 2.10. The van der Waals surface area contributed by atoms with Crippen LogP contribution in [0.15, 0.2) is 60.9 Å². The standard InChI is InChI=1S/C18H14N4O2/c23-18(24)13-6-7-15-16(8-13)21-17(20-15)14-9-19-22(11-14)10-12-4-2-1-3-5-12/h1-9,11H,10H2,(H,20,21)(H,23,24). The number of aromatic carboxylic acids is 1. The van der Waals surface area contributed by atoms with Gasteiger partial charge in [-0.25, -0.2) is 9.78 Å². The van der Waals surface area contributed by atoms with Crippen LogP contribution in [0.5, 0.6) is 0 Å². The van der Waals surface area contributed by atoms with Gasteiger partial charge in [-0.15, -0.1) is 0 Å². The van der Waals surface area contributed by atoms with Gasteiger partial charge in [0.05, 0.1) is 34.9 Å². The van der Waals surface area contributed by atoms with Gasteiger partial charge in [0.25, 0.3) is 0 Å². The predicted molar refractivity (Wildman–Crippen MR) is 89.8 cm³/mol. The molecule has 6 nitrogen and oxygen atoms in total. The van der Waals surface area contributed by atoms with E-state index in [1.54, 1.807) is 24.4 Å². The lowest BCUT2D eigenvalue weighted by Gasteiger charge is -2.00. The van der Waals surface area contributed by atoms with Gasteiger partial charge in [0.2, 0.25) is 0 Å². The van der Waals surface area contributed by atoms with Crippen LogP contribution >= 0.6 is 0 Å². The minimum atomic E-state index is -0.955. The molecule has 2 heterocycles. The summed E-state index contributed by atoms with van der Waals surface area (Å²) in [5.41, 5.74) is 3.69. The molecule has 4 rings (SSSR count). The van der Waals surface area contributed by atoms with Crippen molar-refractivity contribution in [1.82, 2.24) is 19.7 Å². The molecular weight excluding hydrogens is 304 g/mol. The van der Waals surface area contributed by atoms with Gasteiger partial charge >= 0.3 is 5.97 Å². The first-order chi connectivity index (χ1) is 11.7. The van der Waals surface area contributed by atoms with Gasteiger partial charge in [0.15, 0.2) is 0 Å². The zero-order valence-electron chi connectivity index (χ0n) is 12.7. The van der Waals surface area contributed by atoms with Crippen LogP contribution in [0.25, 0.3) is 22.4 Å². The Morgan fingerprint density at radius 1 is 1.17 bits per heavy atom. The Morgan fingerprint density at radius 2 is 2.00 bits per heavy atom. The number of hydrogen-bond donors (Lipinski definition) is 2. The summed E-state index contributed by atoms with van der Waals surface area (Å²) in [5.74, 6) is -0.282. The highest BCUT2D eigenvalue weighted by atomic mass is 16.4. The first kappa shape index (κ1) is 14.2. The molecule has 0 amide bonds. The molecule has 0 unspecified atom stereocenters. The summed E-state index contributed by atoms with van der Waals surface area (Å²) in [7, 11) is 0. The van der Waals surface area contributed by atoms with E-state index in [4.69, 9.17) is 5.11 Å². The molecule has 6 heteroatoms. The maximum absolute atomic E-state index is 11.1. The molecule has 0 spiro atoms. The van der Waals surface area contributed by atoms with Crippen molar-refractivity contribution in [1.29, 1.82) is 0 Å². The van der Waals surface area contributed by atoms with E-state index in [2.05, 4.69) is 27.2 Å². The van der Waals surface area contributed by atoms with Crippen LogP contribution in [0.4, 0.5) is 0 Å². The molecule has 0 saturated carbocycles. The molecule has 0 aliphatic heterocycles. The van der Waals surface area contributed by atoms with Crippen LogP contribution in [0.1, 0.15) is 15.9 Å². The second-order valence-corrected chi connectivity index (χ2v) is 5.53. The number of nitrogens with zero attached hydrogens (tertiary/aromatic N) is 3. The Bertz CT molecular complexity index is 1020. The Morgan fingerprint density at radius 3 is 2.79 bits per heavy atom. The smallest absolute Gasteiger partial charge is 0.335 e. The van der Waals surface area contributed by atoms with Crippen LogP contribution in [-0.2, 0) is 6.54 Å². The average Bonchev–Trinajstić information content (AvgIpc) is 3.21. The summed E-state index contributed by atoms with van der Waals surface area (Å²) in [4.78, 5) is 18.7. The maximum atomic E-state index is 11.1. The molecule has 0 saturated heterocycles. The Labute approximate surface area is 137 Å². The lowest BCUT2D eigenvalue weighted by molar-refractivity contribution is 0.0697. The first-order valence-electron chi connectivity index (χ1n) is 7.49. The largest absolute Gasteiger partial charge is 0.478 e. The van der Waals surface area contributed by atoms with Gasteiger partial charge in [-0.1, -0.05) is 30.3 Å². The Kier molecular flexibility index (Phi) is 3.35. The molecule has 2 aromatic carbocycles. The number of rotatable bonds is 4. The van der Waals surface area contributed by atoms with E-state index in [0.29, 0.717) is 17.9 Å². The summed E-state index contributed by atoms with van der Waals surface area (Å²) in [6.07, 6.45) is 3.67. The fraction of sp³-hybridized carbons (Fsp3) is 0.0556. The second-order valence-electron chi connectivity index (χ2n) is 5.53. The Hall–Kier alpha value is -3.41. The highest BCUT2D eigenvalue weighted by molar-refractivity contribution is 5.92. The molecular formula is C18H14N4O2. The molecule has 0 fully saturated rings. The molecule has 0 bridgehead atoms.